The van der Waals surface area contributed by atoms with Gasteiger partial charge in [-0.1, -0.05) is 23.7 Å². The number of anilines is 1. The molecule has 0 N–H and O–H groups in total. The molecule has 2 amide bonds. The highest BCUT2D eigenvalue weighted by molar-refractivity contribution is 6.37. The van der Waals surface area contributed by atoms with Gasteiger partial charge in [-0.25, -0.2) is 4.90 Å². The molecular weight excluding hydrogens is 296 g/mol. The smallest absolute Gasteiger partial charge is 0.268 e. The third-order valence-corrected chi connectivity index (χ3v) is 3.40. The van der Waals surface area contributed by atoms with Crippen LogP contribution in [0.5, 0.6) is 0 Å². The number of nitrogens with zero attached hydrogens (tertiary/aromatic N) is 2. The molecule has 0 aliphatic carbocycles. The maximum atomic E-state index is 12.4. The molecule has 0 aromatic heterocycles. The molecule has 0 spiro atoms. The van der Waals surface area contributed by atoms with E-state index in [1.54, 1.807) is 0 Å². The molecule has 0 saturated heterocycles. The van der Waals surface area contributed by atoms with Crippen LogP contribution in [0.2, 0.25) is 5.02 Å². The van der Waals surface area contributed by atoms with Crippen molar-refractivity contribution >= 4 is 34.8 Å². The van der Waals surface area contributed by atoms with E-state index in [1.807, 2.05) is 0 Å². The third-order valence-electron chi connectivity index (χ3n) is 3.17. The quantitative estimate of drug-likeness (QED) is 0.485. The van der Waals surface area contributed by atoms with Crippen LogP contribution in [0, 0.1) is 10.1 Å². The Hall–Kier alpha value is -2.73. The van der Waals surface area contributed by atoms with Crippen LogP contribution in [0.4, 0.5) is 11.4 Å². The molecular formula is C14H7ClN2O4. The predicted octanol–water partition coefficient (Wildman–Crippen LogP) is 3.05. The van der Waals surface area contributed by atoms with Crippen molar-refractivity contribution in [3.63, 3.8) is 0 Å². The standard InChI is InChI=1S/C14H7ClN2O4/c15-8-5-6-9-10(7-8)14(19)16(13(9)18)11-3-1-2-4-12(11)17(20)21/h1-7H. The molecule has 1 heterocycles. The fraction of sp³-hybridized carbons (Fsp3) is 0. The van der Waals surface area contributed by atoms with Gasteiger partial charge in [-0.05, 0) is 24.3 Å². The molecule has 0 bridgehead atoms. The van der Waals surface area contributed by atoms with Crippen molar-refractivity contribution in [1.29, 1.82) is 0 Å². The van der Waals surface area contributed by atoms with Crippen LogP contribution in [0.1, 0.15) is 20.7 Å². The molecule has 6 nitrogen and oxygen atoms in total. The number of imide groups is 1. The largest absolute Gasteiger partial charge is 0.293 e. The van der Waals surface area contributed by atoms with E-state index in [9.17, 15) is 19.7 Å². The van der Waals surface area contributed by atoms with Gasteiger partial charge in [-0.2, -0.15) is 0 Å². The summed E-state index contributed by atoms with van der Waals surface area (Å²) in [6.45, 7) is 0. The summed E-state index contributed by atoms with van der Waals surface area (Å²) in [7, 11) is 0. The van der Waals surface area contributed by atoms with Crippen LogP contribution in [0.25, 0.3) is 0 Å². The second-order valence-electron chi connectivity index (χ2n) is 4.38. The van der Waals surface area contributed by atoms with Gasteiger partial charge in [0, 0.05) is 11.1 Å². The van der Waals surface area contributed by atoms with Crippen LogP contribution in [-0.4, -0.2) is 16.7 Å². The summed E-state index contributed by atoms with van der Waals surface area (Å²) in [5, 5.41) is 11.4. The Bertz CT molecular complexity index is 803. The lowest BCUT2D eigenvalue weighted by Gasteiger charge is -2.13. The predicted molar refractivity (Wildman–Crippen MR) is 75.7 cm³/mol. The first-order valence-electron chi connectivity index (χ1n) is 5.92. The highest BCUT2D eigenvalue weighted by Gasteiger charge is 2.39. The topological polar surface area (TPSA) is 80.5 Å². The van der Waals surface area contributed by atoms with Crippen molar-refractivity contribution in [3.8, 4) is 0 Å². The Morgan fingerprint density at radius 2 is 1.67 bits per heavy atom. The number of hydrogen-bond donors (Lipinski definition) is 0. The summed E-state index contributed by atoms with van der Waals surface area (Å²) in [6.07, 6.45) is 0. The second-order valence-corrected chi connectivity index (χ2v) is 4.82. The zero-order chi connectivity index (χ0) is 15.1. The first-order chi connectivity index (χ1) is 10.0. The Balaban J connectivity index is 2.17. The van der Waals surface area contributed by atoms with E-state index in [2.05, 4.69) is 0 Å². The van der Waals surface area contributed by atoms with Crippen molar-refractivity contribution in [2.45, 2.75) is 0 Å². The summed E-state index contributed by atoms with van der Waals surface area (Å²) in [5.41, 5.74) is -0.0314. The highest BCUT2D eigenvalue weighted by Crippen LogP contribution is 2.35. The Morgan fingerprint density at radius 1 is 1.00 bits per heavy atom. The number of benzene rings is 2. The Labute approximate surface area is 123 Å². The Kier molecular flexibility index (Phi) is 2.95. The minimum atomic E-state index is -0.633. The van der Waals surface area contributed by atoms with Gasteiger partial charge >= 0.3 is 0 Å². The normalized spacial score (nSPS) is 13.5. The molecule has 0 saturated carbocycles. The van der Waals surface area contributed by atoms with Crippen LogP contribution in [0.3, 0.4) is 0 Å². The van der Waals surface area contributed by atoms with Crippen LogP contribution in [-0.2, 0) is 0 Å². The van der Waals surface area contributed by atoms with E-state index in [-0.39, 0.29) is 22.5 Å². The van der Waals surface area contributed by atoms with Crippen molar-refractivity contribution in [2.75, 3.05) is 4.90 Å². The molecule has 3 rings (SSSR count). The molecule has 1 aliphatic heterocycles. The van der Waals surface area contributed by atoms with Crippen molar-refractivity contribution < 1.29 is 14.5 Å². The minimum absolute atomic E-state index is 0.0511. The number of rotatable bonds is 2. The molecule has 1 aliphatic rings. The van der Waals surface area contributed by atoms with Crippen LogP contribution < -0.4 is 4.90 Å². The van der Waals surface area contributed by atoms with Crippen LogP contribution >= 0.6 is 11.6 Å². The zero-order valence-electron chi connectivity index (χ0n) is 10.4. The zero-order valence-corrected chi connectivity index (χ0v) is 11.2. The maximum absolute atomic E-state index is 12.4. The first kappa shape index (κ1) is 13.3. The van der Waals surface area contributed by atoms with E-state index in [4.69, 9.17) is 11.6 Å². The van der Waals surface area contributed by atoms with Gasteiger partial charge in [0.25, 0.3) is 17.5 Å². The average Bonchev–Trinajstić information content (AvgIpc) is 2.70. The molecule has 104 valence electrons. The van der Waals surface area contributed by atoms with Gasteiger partial charge in [-0.15, -0.1) is 0 Å². The second kappa shape index (κ2) is 4.68. The fourth-order valence-corrected chi connectivity index (χ4v) is 2.41. The van der Waals surface area contributed by atoms with Gasteiger partial charge in [0.2, 0.25) is 0 Å². The summed E-state index contributed by atoms with van der Waals surface area (Å²) >= 11 is 5.82. The number of nitro groups is 1. The van der Waals surface area contributed by atoms with E-state index in [1.165, 1.54) is 42.5 Å². The third kappa shape index (κ3) is 1.96. The van der Waals surface area contributed by atoms with Gasteiger partial charge in [-0.3, -0.25) is 19.7 Å². The molecule has 21 heavy (non-hydrogen) atoms. The molecule has 2 aromatic carbocycles. The summed E-state index contributed by atoms with van der Waals surface area (Å²) in [5.74, 6) is -1.22. The highest BCUT2D eigenvalue weighted by atomic mass is 35.5. The number of carbonyl (C=O) groups excluding carboxylic acids is 2. The number of para-hydroxylation sites is 2. The minimum Gasteiger partial charge on any atom is -0.268 e. The lowest BCUT2D eigenvalue weighted by Crippen LogP contribution is -2.29. The first-order valence-corrected chi connectivity index (χ1v) is 6.30. The van der Waals surface area contributed by atoms with Gasteiger partial charge < -0.3 is 0 Å². The molecule has 0 unspecified atom stereocenters. The molecule has 0 radical (unpaired) electrons. The van der Waals surface area contributed by atoms with Gasteiger partial charge in [0.15, 0.2) is 0 Å². The lowest BCUT2D eigenvalue weighted by molar-refractivity contribution is -0.384. The monoisotopic (exact) mass is 302 g/mol. The Morgan fingerprint density at radius 3 is 2.38 bits per heavy atom. The number of halogens is 1. The summed E-state index contributed by atoms with van der Waals surface area (Å²) in [6, 6.07) is 9.91. The van der Waals surface area contributed by atoms with Crippen molar-refractivity contribution in [1.82, 2.24) is 0 Å². The van der Waals surface area contributed by atoms with E-state index >= 15 is 0 Å². The van der Waals surface area contributed by atoms with Crippen LogP contribution in [0.15, 0.2) is 42.5 Å². The number of fused-ring (bicyclic) bond motifs is 1. The maximum Gasteiger partial charge on any atom is 0.293 e. The average molecular weight is 303 g/mol. The van der Waals surface area contributed by atoms with Crippen molar-refractivity contribution in [2.24, 2.45) is 0 Å². The molecule has 0 fully saturated rings. The number of carbonyl (C=O) groups is 2. The lowest BCUT2D eigenvalue weighted by atomic mass is 10.1. The number of hydrogen-bond acceptors (Lipinski definition) is 4. The fourth-order valence-electron chi connectivity index (χ4n) is 2.24. The summed E-state index contributed by atoms with van der Waals surface area (Å²) < 4.78 is 0. The van der Waals surface area contributed by atoms with Gasteiger partial charge in [0.05, 0.1) is 16.1 Å². The van der Waals surface area contributed by atoms with E-state index < -0.39 is 16.7 Å². The molecule has 2 aromatic rings. The molecule has 7 heteroatoms. The number of amides is 2. The van der Waals surface area contributed by atoms with E-state index in [0.29, 0.717) is 5.02 Å². The SMILES string of the molecule is O=C1c2ccc(Cl)cc2C(=O)N1c1ccccc1[N+](=O)[O-]. The summed E-state index contributed by atoms with van der Waals surface area (Å²) in [4.78, 5) is 35.9. The number of nitro benzene ring substituents is 1. The van der Waals surface area contributed by atoms with Crippen molar-refractivity contribution in [3.05, 3.63) is 68.7 Å². The van der Waals surface area contributed by atoms with E-state index in [0.717, 1.165) is 4.90 Å². The van der Waals surface area contributed by atoms with Gasteiger partial charge in [0.1, 0.15) is 5.69 Å². The molecule has 0 atom stereocenters.